The van der Waals surface area contributed by atoms with E-state index in [0.717, 1.165) is 62.5 Å². The summed E-state index contributed by atoms with van der Waals surface area (Å²) in [5, 5.41) is 0. The summed E-state index contributed by atoms with van der Waals surface area (Å²) in [5.41, 5.74) is 7.00. The van der Waals surface area contributed by atoms with Crippen LogP contribution in [0.25, 0.3) is 0 Å². The predicted octanol–water partition coefficient (Wildman–Crippen LogP) is 1.52. The molecule has 168 valence electrons. The third kappa shape index (κ3) is 5.98. The lowest BCUT2D eigenvalue weighted by Crippen LogP contribution is -2.45. The Morgan fingerprint density at radius 2 is 1.90 bits per heavy atom. The number of nitrogens with zero attached hydrogens (tertiary/aromatic N) is 5. The number of amides is 1. The van der Waals surface area contributed by atoms with Gasteiger partial charge < -0.3 is 25.2 Å². The van der Waals surface area contributed by atoms with Gasteiger partial charge in [-0.1, -0.05) is 6.92 Å². The van der Waals surface area contributed by atoms with Gasteiger partial charge in [0.05, 0.1) is 25.4 Å². The third-order valence-electron chi connectivity index (χ3n) is 6.27. The fraction of sp³-hybridized carbons (Fsp3) is 0.727. The van der Waals surface area contributed by atoms with E-state index in [1.807, 2.05) is 24.1 Å². The van der Waals surface area contributed by atoms with E-state index in [-0.39, 0.29) is 5.91 Å². The van der Waals surface area contributed by atoms with E-state index < -0.39 is 0 Å². The van der Waals surface area contributed by atoms with Gasteiger partial charge in [-0.3, -0.25) is 9.69 Å². The zero-order valence-corrected chi connectivity index (χ0v) is 18.8. The Labute approximate surface area is 180 Å². The maximum atomic E-state index is 12.6. The van der Waals surface area contributed by atoms with Crippen LogP contribution in [0.4, 0.5) is 17.3 Å². The zero-order valence-electron chi connectivity index (χ0n) is 18.8. The van der Waals surface area contributed by atoms with Crippen molar-refractivity contribution in [1.82, 2.24) is 14.8 Å². The van der Waals surface area contributed by atoms with Crippen molar-refractivity contribution in [3.8, 4) is 0 Å². The molecule has 0 radical (unpaired) electrons. The minimum Gasteiger partial charge on any atom is -0.396 e. The SMILES string of the molecule is CCN(CCN(C)C(=O)CN1CCOCC1)c1ccc(N)c(N2CCC(C)CC2)n1. The summed E-state index contributed by atoms with van der Waals surface area (Å²) in [5.74, 6) is 2.74. The molecule has 3 rings (SSSR count). The first-order chi connectivity index (χ1) is 14.5. The van der Waals surface area contributed by atoms with Gasteiger partial charge in [0.25, 0.3) is 0 Å². The van der Waals surface area contributed by atoms with E-state index in [1.165, 1.54) is 12.8 Å². The zero-order chi connectivity index (χ0) is 21.5. The summed E-state index contributed by atoms with van der Waals surface area (Å²) in [4.78, 5) is 26.0. The molecule has 0 bridgehead atoms. The third-order valence-corrected chi connectivity index (χ3v) is 6.27. The molecule has 30 heavy (non-hydrogen) atoms. The molecule has 8 nitrogen and oxygen atoms in total. The van der Waals surface area contributed by atoms with Crippen LogP contribution in [-0.4, -0.2) is 93.3 Å². The second-order valence-corrected chi connectivity index (χ2v) is 8.54. The average Bonchev–Trinajstić information content (AvgIpc) is 2.76. The molecule has 2 saturated heterocycles. The highest BCUT2D eigenvalue weighted by Gasteiger charge is 2.21. The lowest BCUT2D eigenvalue weighted by molar-refractivity contribution is -0.132. The minimum atomic E-state index is 0.154. The summed E-state index contributed by atoms with van der Waals surface area (Å²) in [6, 6.07) is 3.95. The molecular weight excluding hydrogens is 380 g/mol. The van der Waals surface area contributed by atoms with E-state index in [1.54, 1.807) is 0 Å². The number of piperidine rings is 1. The molecule has 1 aromatic heterocycles. The Hall–Kier alpha value is -2.06. The number of rotatable bonds is 8. The maximum absolute atomic E-state index is 12.6. The molecule has 0 atom stereocenters. The van der Waals surface area contributed by atoms with Crippen molar-refractivity contribution < 1.29 is 9.53 Å². The number of carbonyl (C=O) groups excluding carboxylic acids is 1. The van der Waals surface area contributed by atoms with Crippen LogP contribution in [0.15, 0.2) is 12.1 Å². The molecule has 0 spiro atoms. The van der Waals surface area contributed by atoms with Crippen LogP contribution in [0.3, 0.4) is 0 Å². The molecule has 2 fully saturated rings. The first-order valence-corrected chi connectivity index (χ1v) is 11.3. The van der Waals surface area contributed by atoms with Gasteiger partial charge in [-0.2, -0.15) is 0 Å². The average molecular weight is 419 g/mol. The molecule has 1 amide bonds. The van der Waals surface area contributed by atoms with E-state index in [0.29, 0.717) is 26.3 Å². The van der Waals surface area contributed by atoms with Gasteiger partial charge in [-0.25, -0.2) is 4.98 Å². The molecule has 0 unspecified atom stereocenters. The monoisotopic (exact) mass is 418 g/mol. The van der Waals surface area contributed by atoms with Gasteiger partial charge in [0.1, 0.15) is 5.82 Å². The normalized spacial score (nSPS) is 18.4. The van der Waals surface area contributed by atoms with Crippen molar-refractivity contribution in [2.24, 2.45) is 5.92 Å². The van der Waals surface area contributed by atoms with Crippen molar-refractivity contribution in [3.05, 3.63) is 12.1 Å². The molecule has 0 aliphatic carbocycles. The van der Waals surface area contributed by atoms with Crippen LogP contribution in [0.5, 0.6) is 0 Å². The first kappa shape index (κ1) is 22.6. The lowest BCUT2D eigenvalue weighted by atomic mass is 9.99. The molecule has 2 aliphatic rings. The Kier molecular flexibility index (Phi) is 8.16. The standard InChI is InChI=1S/C22H38N6O2/c1-4-27(12-11-25(3)21(29)17-26-13-15-30-16-14-26)20-6-5-19(23)22(24-20)28-9-7-18(2)8-10-28/h5-6,18H,4,7-17,23H2,1-3H3. The molecule has 2 N–H and O–H groups in total. The van der Waals surface area contributed by atoms with Gasteiger partial charge >= 0.3 is 0 Å². The molecule has 2 aliphatic heterocycles. The first-order valence-electron chi connectivity index (χ1n) is 11.3. The van der Waals surface area contributed by atoms with Crippen molar-refractivity contribution >= 4 is 23.2 Å². The Bertz CT molecular complexity index is 686. The highest BCUT2D eigenvalue weighted by Crippen LogP contribution is 2.28. The van der Waals surface area contributed by atoms with E-state index in [4.69, 9.17) is 15.5 Å². The predicted molar refractivity (Wildman–Crippen MR) is 122 cm³/mol. The van der Waals surface area contributed by atoms with Gasteiger partial charge in [-0.15, -0.1) is 0 Å². The van der Waals surface area contributed by atoms with Crippen molar-refractivity contribution in [1.29, 1.82) is 0 Å². The maximum Gasteiger partial charge on any atom is 0.236 e. The van der Waals surface area contributed by atoms with E-state index in [2.05, 4.69) is 28.5 Å². The topological polar surface area (TPSA) is 78.2 Å². The fourth-order valence-electron chi connectivity index (χ4n) is 4.00. The van der Waals surface area contributed by atoms with Crippen LogP contribution in [0.2, 0.25) is 0 Å². The lowest BCUT2D eigenvalue weighted by Gasteiger charge is -2.33. The number of hydrogen-bond acceptors (Lipinski definition) is 7. The Balaban J connectivity index is 1.57. The summed E-state index contributed by atoms with van der Waals surface area (Å²) >= 11 is 0. The number of nitrogens with two attached hydrogens (primary N) is 1. The van der Waals surface area contributed by atoms with Crippen molar-refractivity contribution in [2.75, 3.05) is 88.2 Å². The van der Waals surface area contributed by atoms with E-state index in [9.17, 15) is 4.79 Å². The number of anilines is 3. The van der Waals surface area contributed by atoms with Gasteiger partial charge in [-0.05, 0) is 37.8 Å². The number of likely N-dealkylation sites (N-methyl/N-ethyl adjacent to an activating group) is 2. The molecule has 0 aromatic carbocycles. The van der Waals surface area contributed by atoms with E-state index >= 15 is 0 Å². The van der Waals surface area contributed by atoms with Crippen molar-refractivity contribution in [3.63, 3.8) is 0 Å². The number of hydrogen-bond donors (Lipinski definition) is 1. The number of morpholine rings is 1. The molecule has 3 heterocycles. The number of aromatic nitrogens is 1. The smallest absolute Gasteiger partial charge is 0.236 e. The second kappa shape index (κ2) is 10.8. The van der Waals surface area contributed by atoms with Crippen molar-refractivity contribution in [2.45, 2.75) is 26.7 Å². The minimum absolute atomic E-state index is 0.154. The number of nitrogen functional groups attached to an aromatic ring is 1. The number of ether oxygens (including phenoxy) is 1. The fourth-order valence-corrected chi connectivity index (χ4v) is 4.00. The molecular formula is C22H38N6O2. The summed E-state index contributed by atoms with van der Waals surface area (Å²) in [6.07, 6.45) is 2.36. The second-order valence-electron chi connectivity index (χ2n) is 8.54. The van der Waals surface area contributed by atoms with Crippen LogP contribution in [0.1, 0.15) is 26.7 Å². The van der Waals surface area contributed by atoms with Crippen LogP contribution < -0.4 is 15.5 Å². The largest absolute Gasteiger partial charge is 0.396 e. The summed E-state index contributed by atoms with van der Waals surface area (Å²) in [7, 11) is 1.88. The number of carbonyl (C=O) groups is 1. The number of pyridine rings is 1. The Morgan fingerprint density at radius 3 is 2.57 bits per heavy atom. The summed E-state index contributed by atoms with van der Waals surface area (Å²) < 4.78 is 5.36. The molecule has 0 saturated carbocycles. The molecule has 1 aromatic rings. The van der Waals surface area contributed by atoms with Crippen LogP contribution in [0, 0.1) is 5.92 Å². The van der Waals surface area contributed by atoms with Gasteiger partial charge in [0.2, 0.25) is 5.91 Å². The van der Waals surface area contributed by atoms with Crippen LogP contribution >= 0.6 is 0 Å². The van der Waals surface area contributed by atoms with Gasteiger partial charge in [0, 0.05) is 52.9 Å². The Morgan fingerprint density at radius 1 is 1.20 bits per heavy atom. The van der Waals surface area contributed by atoms with Gasteiger partial charge in [0.15, 0.2) is 5.82 Å². The van der Waals surface area contributed by atoms with Crippen LogP contribution in [-0.2, 0) is 9.53 Å². The highest BCUT2D eigenvalue weighted by molar-refractivity contribution is 5.78. The quantitative estimate of drug-likeness (QED) is 0.686. The molecule has 8 heteroatoms. The summed E-state index contributed by atoms with van der Waals surface area (Å²) in [6.45, 7) is 12.2. The highest BCUT2D eigenvalue weighted by atomic mass is 16.5.